The van der Waals surface area contributed by atoms with Gasteiger partial charge < -0.3 is 14.7 Å². The summed E-state index contributed by atoms with van der Waals surface area (Å²) in [6.07, 6.45) is 0.938. The van der Waals surface area contributed by atoms with Crippen LogP contribution in [0.15, 0.2) is 28.7 Å². The predicted molar refractivity (Wildman–Crippen MR) is 76.0 cm³/mol. The molecule has 1 N–H and O–H groups in total. The van der Waals surface area contributed by atoms with Crippen LogP contribution >= 0.6 is 15.9 Å². The van der Waals surface area contributed by atoms with Crippen molar-refractivity contribution in [2.24, 2.45) is 5.92 Å². The molecule has 1 amide bonds. The van der Waals surface area contributed by atoms with Crippen LogP contribution in [0.2, 0.25) is 0 Å². The summed E-state index contributed by atoms with van der Waals surface area (Å²) in [6.45, 7) is 2.79. The van der Waals surface area contributed by atoms with Gasteiger partial charge in [-0.2, -0.15) is 0 Å². The van der Waals surface area contributed by atoms with Crippen LogP contribution in [0.25, 0.3) is 0 Å². The fraction of sp³-hybridized carbons (Fsp3) is 0.500. The molecule has 2 rings (SSSR count). The number of amides is 1. The maximum absolute atomic E-state index is 12.1. The third-order valence-electron chi connectivity index (χ3n) is 3.55. The number of aliphatic hydroxyl groups excluding tert-OH is 1. The maximum Gasteiger partial charge on any atom is 0.260 e. The Labute approximate surface area is 121 Å². The number of carbonyl (C=O) groups is 1. The number of carbonyl (C=O) groups excluding carboxylic acids is 1. The molecular formula is C14H18BrNO3. The van der Waals surface area contributed by atoms with E-state index >= 15 is 0 Å². The Bertz CT molecular complexity index is 452. The first-order valence-corrected chi connectivity index (χ1v) is 7.20. The molecule has 0 aliphatic carbocycles. The largest absolute Gasteiger partial charge is 0.484 e. The number of hydrogen-bond acceptors (Lipinski definition) is 3. The first-order valence-electron chi connectivity index (χ1n) is 6.40. The molecule has 1 aromatic carbocycles. The van der Waals surface area contributed by atoms with Gasteiger partial charge in [-0.1, -0.05) is 28.9 Å². The molecule has 2 unspecified atom stereocenters. The highest BCUT2D eigenvalue weighted by molar-refractivity contribution is 9.10. The van der Waals surface area contributed by atoms with Crippen LogP contribution < -0.4 is 4.74 Å². The fourth-order valence-electron chi connectivity index (χ4n) is 2.38. The molecule has 1 aliphatic rings. The van der Waals surface area contributed by atoms with Crippen molar-refractivity contribution in [1.29, 1.82) is 0 Å². The molecule has 2 atom stereocenters. The zero-order chi connectivity index (χ0) is 13.8. The van der Waals surface area contributed by atoms with Crippen molar-refractivity contribution >= 4 is 21.8 Å². The molecular weight excluding hydrogens is 310 g/mol. The molecule has 0 bridgehead atoms. The minimum absolute atomic E-state index is 0.0136. The average Bonchev–Trinajstić information content (AvgIpc) is 2.77. The number of rotatable bonds is 4. The Morgan fingerprint density at radius 3 is 3.05 bits per heavy atom. The third kappa shape index (κ3) is 3.48. The molecule has 0 spiro atoms. The van der Waals surface area contributed by atoms with E-state index in [4.69, 9.17) is 4.74 Å². The van der Waals surface area contributed by atoms with Crippen LogP contribution in [0, 0.1) is 5.92 Å². The van der Waals surface area contributed by atoms with Crippen molar-refractivity contribution < 1.29 is 14.6 Å². The SMILES string of the molecule is CC1CCN(C(=O)COc2cccc(Br)c2)C1CO. The second-order valence-corrected chi connectivity index (χ2v) is 5.76. The third-order valence-corrected chi connectivity index (χ3v) is 4.04. The summed E-state index contributed by atoms with van der Waals surface area (Å²) in [6, 6.07) is 7.33. The number of likely N-dealkylation sites (tertiary alicyclic amines) is 1. The van der Waals surface area contributed by atoms with E-state index in [9.17, 15) is 9.90 Å². The minimum Gasteiger partial charge on any atom is -0.484 e. The van der Waals surface area contributed by atoms with Crippen LogP contribution in [-0.4, -0.2) is 41.7 Å². The summed E-state index contributed by atoms with van der Waals surface area (Å²) in [4.78, 5) is 13.8. The molecule has 104 valence electrons. The van der Waals surface area contributed by atoms with E-state index in [1.54, 1.807) is 4.90 Å². The van der Waals surface area contributed by atoms with Gasteiger partial charge in [-0.05, 0) is 30.5 Å². The Balaban J connectivity index is 1.91. The molecule has 0 aromatic heterocycles. The van der Waals surface area contributed by atoms with Crippen LogP contribution in [0.5, 0.6) is 5.75 Å². The Morgan fingerprint density at radius 1 is 1.58 bits per heavy atom. The van der Waals surface area contributed by atoms with Crippen molar-refractivity contribution in [3.05, 3.63) is 28.7 Å². The molecule has 1 saturated heterocycles. The highest BCUT2D eigenvalue weighted by Crippen LogP contribution is 2.24. The monoisotopic (exact) mass is 327 g/mol. The maximum atomic E-state index is 12.1. The average molecular weight is 328 g/mol. The highest BCUT2D eigenvalue weighted by atomic mass is 79.9. The van der Waals surface area contributed by atoms with Gasteiger partial charge in [-0.3, -0.25) is 4.79 Å². The number of nitrogens with zero attached hydrogens (tertiary/aromatic N) is 1. The van der Waals surface area contributed by atoms with E-state index in [1.807, 2.05) is 24.3 Å². The Kier molecular flexibility index (Phi) is 4.82. The number of aliphatic hydroxyl groups is 1. The van der Waals surface area contributed by atoms with Gasteiger partial charge in [0, 0.05) is 11.0 Å². The molecule has 0 radical (unpaired) electrons. The lowest BCUT2D eigenvalue weighted by Crippen LogP contribution is -2.42. The van der Waals surface area contributed by atoms with Crippen LogP contribution in [0.4, 0.5) is 0 Å². The highest BCUT2D eigenvalue weighted by Gasteiger charge is 2.33. The summed E-state index contributed by atoms with van der Waals surface area (Å²) in [7, 11) is 0. The number of ether oxygens (including phenoxy) is 1. The fourth-order valence-corrected chi connectivity index (χ4v) is 2.76. The van der Waals surface area contributed by atoms with Crippen molar-refractivity contribution in [2.75, 3.05) is 19.8 Å². The summed E-state index contributed by atoms with van der Waals surface area (Å²) in [5.74, 6) is 0.943. The van der Waals surface area contributed by atoms with Crippen LogP contribution in [-0.2, 0) is 4.79 Å². The van der Waals surface area contributed by atoms with Crippen LogP contribution in [0.1, 0.15) is 13.3 Å². The van der Waals surface area contributed by atoms with Gasteiger partial charge in [0.1, 0.15) is 5.75 Å². The van der Waals surface area contributed by atoms with E-state index in [-0.39, 0.29) is 25.2 Å². The van der Waals surface area contributed by atoms with E-state index in [0.717, 1.165) is 10.9 Å². The van der Waals surface area contributed by atoms with E-state index in [0.29, 0.717) is 18.2 Å². The Morgan fingerprint density at radius 2 is 2.37 bits per heavy atom. The van der Waals surface area contributed by atoms with Gasteiger partial charge in [-0.25, -0.2) is 0 Å². The van der Waals surface area contributed by atoms with E-state index in [1.165, 1.54) is 0 Å². The molecule has 0 saturated carbocycles. The van der Waals surface area contributed by atoms with Crippen molar-refractivity contribution in [1.82, 2.24) is 4.90 Å². The second-order valence-electron chi connectivity index (χ2n) is 4.85. The first kappa shape index (κ1) is 14.3. The van der Waals surface area contributed by atoms with Gasteiger partial charge in [-0.15, -0.1) is 0 Å². The molecule has 1 aromatic rings. The number of halogens is 1. The second kappa shape index (κ2) is 6.39. The van der Waals surface area contributed by atoms with Crippen molar-refractivity contribution in [3.63, 3.8) is 0 Å². The summed E-state index contributed by atoms with van der Waals surface area (Å²) < 4.78 is 6.40. The van der Waals surface area contributed by atoms with Gasteiger partial charge in [0.05, 0.1) is 12.6 Å². The zero-order valence-corrected chi connectivity index (χ0v) is 12.5. The lowest BCUT2D eigenvalue weighted by atomic mass is 10.0. The van der Waals surface area contributed by atoms with Crippen molar-refractivity contribution in [2.45, 2.75) is 19.4 Å². The van der Waals surface area contributed by atoms with Gasteiger partial charge in [0.25, 0.3) is 5.91 Å². The normalized spacial score (nSPS) is 22.6. The van der Waals surface area contributed by atoms with Gasteiger partial charge in [0.15, 0.2) is 6.61 Å². The Hall–Kier alpha value is -1.07. The minimum atomic E-state index is -0.0707. The van der Waals surface area contributed by atoms with Gasteiger partial charge in [0.2, 0.25) is 0 Å². The predicted octanol–water partition coefficient (Wildman–Crippen LogP) is 2.06. The first-order chi connectivity index (χ1) is 9.11. The quantitative estimate of drug-likeness (QED) is 0.920. The lowest BCUT2D eigenvalue weighted by Gasteiger charge is -2.25. The molecule has 1 fully saturated rings. The summed E-state index contributed by atoms with van der Waals surface area (Å²) in [5, 5.41) is 9.34. The zero-order valence-electron chi connectivity index (χ0n) is 10.9. The summed E-state index contributed by atoms with van der Waals surface area (Å²) in [5.41, 5.74) is 0. The van der Waals surface area contributed by atoms with Crippen LogP contribution in [0.3, 0.4) is 0 Å². The van der Waals surface area contributed by atoms with E-state index < -0.39 is 0 Å². The van der Waals surface area contributed by atoms with E-state index in [2.05, 4.69) is 22.9 Å². The molecule has 19 heavy (non-hydrogen) atoms. The molecule has 5 heteroatoms. The van der Waals surface area contributed by atoms with Gasteiger partial charge >= 0.3 is 0 Å². The molecule has 1 aliphatic heterocycles. The smallest absolute Gasteiger partial charge is 0.260 e. The lowest BCUT2D eigenvalue weighted by molar-refractivity contribution is -0.135. The number of hydrogen-bond donors (Lipinski definition) is 1. The molecule has 1 heterocycles. The molecule has 4 nitrogen and oxygen atoms in total. The van der Waals surface area contributed by atoms with Crippen molar-refractivity contribution in [3.8, 4) is 5.75 Å². The topological polar surface area (TPSA) is 49.8 Å². The standard InChI is InChI=1S/C14H18BrNO3/c1-10-5-6-16(13(10)8-17)14(18)9-19-12-4-2-3-11(15)7-12/h2-4,7,10,13,17H,5-6,8-9H2,1H3. The number of benzene rings is 1. The summed E-state index contributed by atoms with van der Waals surface area (Å²) >= 11 is 3.36.